The average Bonchev–Trinajstić information content (AvgIpc) is 2.48. The molecule has 0 fully saturated rings. The van der Waals surface area contributed by atoms with Gasteiger partial charge in [-0.1, -0.05) is 0 Å². The highest BCUT2D eigenvalue weighted by molar-refractivity contribution is 5.79. The van der Waals surface area contributed by atoms with Crippen LogP contribution in [0, 0.1) is 0 Å². The molecule has 23 heteroatoms. The van der Waals surface area contributed by atoms with Crippen LogP contribution in [0.15, 0.2) is 0 Å². The Morgan fingerprint density at radius 2 is 0.788 bits per heavy atom. The fourth-order valence-corrected chi connectivity index (χ4v) is 1.36. The van der Waals surface area contributed by atoms with Crippen LogP contribution in [0.2, 0.25) is 0 Å². The van der Waals surface area contributed by atoms with Crippen molar-refractivity contribution in [3.63, 3.8) is 0 Å². The molecule has 0 radical (unpaired) electrons. The van der Waals surface area contributed by atoms with E-state index < -0.39 is 60.3 Å². The van der Waals surface area contributed by atoms with Crippen molar-refractivity contribution in [3.05, 3.63) is 0 Å². The summed E-state index contributed by atoms with van der Waals surface area (Å²) in [5, 5.41) is 0. The predicted molar refractivity (Wildman–Crippen MR) is 53.9 cm³/mol. The Morgan fingerprint density at radius 1 is 0.455 bits per heavy atom. The lowest BCUT2D eigenvalue weighted by molar-refractivity contribution is -0.481. The lowest BCUT2D eigenvalue weighted by Crippen LogP contribution is -2.68. The van der Waals surface area contributed by atoms with Crippen LogP contribution in [0.1, 0.15) is 0 Å². The molecule has 0 aliphatic carbocycles. The first kappa shape index (κ1) is 31.0. The largest absolute Gasteiger partial charge is 0.462 e. The van der Waals surface area contributed by atoms with E-state index in [0.717, 1.165) is 0 Å². The van der Waals surface area contributed by atoms with Gasteiger partial charge in [0.2, 0.25) is 0 Å². The fourth-order valence-electron chi connectivity index (χ4n) is 1.36. The minimum atomic E-state index is -8.19. The Balaban J connectivity index is 6.63. The maximum absolute atomic E-state index is 13.6. The third-order valence-corrected chi connectivity index (χ3v) is 3.02. The molecule has 0 aromatic heterocycles. The molecule has 0 bridgehead atoms. The zero-order valence-electron chi connectivity index (χ0n) is 13.8. The molecule has 0 N–H and O–H groups in total. The van der Waals surface area contributed by atoms with Crippen molar-refractivity contribution in [2.45, 2.75) is 54.4 Å². The van der Waals surface area contributed by atoms with Crippen LogP contribution in [0.4, 0.5) is 87.8 Å². The van der Waals surface area contributed by atoms with Crippen molar-refractivity contribution in [1.82, 2.24) is 0 Å². The van der Waals surface area contributed by atoms with Crippen molar-refractivity contribution in [2.75, 3.05) is 0 Å². The Labute approximate surface area is 164 Å². The summed E-state index contributed by atoms with van der Waals surface area (Å²) in [7, 11) is 0. The first-order chi connectivity index (χ1) is 13.8. The van der Waals surface area contributed by atoms with Crippen LogP contribution < -0.4 is 0 Å². The van der Waals surface area contributed by atoms with E-state index in [1.54, 1.807) is 0 Å². The van der Waals surface area contributed by atoms with E-state index in [1.165, 1.54) is 9.47 Å². The number of carbonyl (C=O) groups excluding carboxylic acids is 1. The third-order valence-electron chi connectivity index (χ3n) is 3.02. The number of hydrogen-bond acceptors (Lipinski definition) is 3. The highest BCUT2D eigenvalue weighted by atomic mass is 19.4. The summed E-state index contributed by atoms with van der Waals surface area (Å²) in [4.78, 5) is 10.8. The number of hydrogen-bond donors (Lipinski definition) is 0. The Kier molecular flexibility index (Phi) is 7.32. The SMILES string of the molecule is O=C(OC(F)(F)C(F)(C(F)(F)F)C(F)(F)F)C(F)(OC(F)(F)C(F)(F)C(F)(F)F)C(F)(F)F. The number of carbonyl (C=O) groups is 1. The Bertz CT molecular complexity index is 710. The second-order valence-electron chi connectivity index (χ2n) is 5.34. The number of esters is 1. The van der Waals surface area contributed by atoms with Gasteiger partial charge in [0.15, 0.2) is 0 Å². The highest BCUT2D eigenvalue weighted by Gasteiger charge is 2.88. The van der Waals surface area contributed by atoms with Crippen LogP contribution in [0.25, 0.3) is 0 Å². The predicted octanol–water partition coefficient (Wildman–Crippen LogP) is 5.99. The van der Waals surface area contributed by atoms with Crippen molar-refractivity contribution in [2.24, 2.45) is 0 Å². The van der Waals surface area contributed by atoms with Gasteiger partial charge in [-0.05, 0) is 0 Å². The first-order valence-corrected chi connectivity index (χ1v) is 6.55. The molecule has 0 heterocycles. The molecule has 0 aromatic rings. The van der Waals surface area contributed by atoms with Crippen LogP contribution in [-0.4, -0.2) is 60.3 Å². The van der Waals surface area contributed by atoms with Gasteiger partial charge in [-0.3, -0.25) is 4.74 Å². The van der Waals surface area contributed by atoms with Crippen LogP contribution >= 0.6 is 0 Å². The van der Waals surface area contributed by atoms with Gasteiger partial charge in [0.05, 0.1) is 0 Å². The van der Waals surface area contributed by atoms with E-state index in [1.807, 2.05) is 0 Å². The normalized spacial score (nSPS) is 17.6. The minimum Gasteiger partial charge on any atom is -0.393 e. The summed E-state index contributed by atoms with van der Waals surface area (Å²) in [5.74, 6) is -20.9. The van der Waals surface area contributed by atoms with Gasteiger partial charge in [0, 0.05) is 0 Å². The second-order valence-corrected chi connectivity index (χ2v) is 5.34. The van der Waals surface area contributed by atoms with Crippen molar-refractivity contribution in [1.29, 1.82) is 0 Å². The number of alkyl halides is 20. The maximum Gasteiger partial charge on any atom is 0.462 e. The zero-order valence-corrected chi connectivity index (χ0v) is 13.8. The summed E-state index contributed by atoms with van der Waals surface area (Å²) >= 11 is 0. The average molecular weight is 548 g/mol. The summed E-state index contributed by atoms with van der Waals surface area (Å²) < 4.78 is 253. The van der Waals surface area contributed by atoms with Crippen molar-refractivity contribution < 1.29 is 102 Å². The van der Waals surface area contributed by atoms with E-state index in [4.69, 9.17) is 0 Å². The smallest absolute Gasteiger partial charge is 0.393 e. The van der Waals surface area contributed by atoms with E-state index in [9.17, 15) is 92.6 Å². The van der Waals surface area contributed by atoms with Gasteiger partial charge < -0.3 is 4.74 Å². The summed E-state index contributed by atoms with van der Waals surface area (Å²) in [6.45, 7) is 0. The molecule has 0 saturated carbocycles. The maximum atomic E-state index is 13.6. The molecule has 198 valence electrons. The zero-order chi connectivity index (χ0) is 27.5. The summed E-state index contributed by atoms with van der Waals surface area (Å²) in [6, 6.07) is 0. The monoisotopic (exact) mass is 548 g/mol. The molecule has 33 heavy (non-hydrogen) atoms. The van der Waals surface area contributed by atoms with Crippen molar-refractivity contribution in [3.8, 4) is 0 Å². The lowest BCUT2D eigenvalue weighted by atomic mass is 10.0. The molecule has 0 amide bonds. The summed E-state index contributed by atoms with van der Waals surface area (Å²) in [5.41, 5.74) is -8.19. The van der Waals surface area contributed by atoms with Crippen LogP contribution in [0.5, 0.6) is 0 Å². The topological polar surface area (TPSA) is 35.5 Å². The van der Waals surface area contributed by atoms with Gasteiger partial charge in [-0.15, -0.1) is 0 Å². The van der Waals surface area contributed by atoms with E-state index in [0.29, 0.717) is 0 Å². The van der Waals surface area contributed by atoms with Crippen LogP contribution in [-0.2, 0) is 14.3 Å². The first-order valence-electron chi connectivity index (χ1n) is 6.55. The van der Waals surface area contributed by atoms with Crippen molar-refractivity contribution >= 4 is 5.97 Å². The molecule has 0 rings (SSSR count). The van der Waals surface area contributed by atoms with E-state index >= 15 is 0 Å². The quantitative estimate of drug-likeness (QED) is 0.303. The molecule has 0 saturated heterocycles. The van der Waals surface area contributed by atoms with Gasteiger partial charge in [-0.25, -0.2) is 9.18 Å². The molecule has 0 spiro atoms. The van der Waals surface area contributed by atoms with Gasteiger partial charge in [-0.2, -0.15) is 83.4 Å². The lowest BCUT2D eigenvalue weighted by Gasteiger charge is -2.37. The molecular weight excluding hydrogens is 548 g/mol. The molecule has 3 nitrogen and oxygen atoms in total. The molecule has 0 aliphatic heterocycles. The highest BCUT2D eigenvalue weighted by Crippen LogP contribution is 2.56. The van der Waals surface area contributed by atoms with E-state index in [-0.39, 0.29) is 0 Å². The third kappa shape index (κ3) is 4.95. The minimum absolute atomic E-state index is 1.28. The second kappa shape index (κ2) is 7.78. The molecule has 0 aliphatic rings. The van der Waals surface area contributed by atoms with Gasteiger partial charge in [0.25, 0.3) is 0 Å². The van der Waals surface area contributed by atoms with E-state index in [2.05, 4.69) is 0 Å². The number of rotatable bonds is 6. The fraction of sp³-hybridized carbons (Fsp3) is 0.900. The molecule has 1 atom stereocenters. The molecule has 0 aromatic carbocycles. The summed E-state index contributed by atoms with van der Waals surface area (Å²) in [6.07, 6.45) is -47.3. The standard InChI is InChI=1S/C10F20O3/c11-2(5(15,16)17,33-10(29,30)4(13,14)8(24,25)26)1(31)32-9(27,28)3(12,6(18,19)20)7(21,22)23. The van der Waals surface area contributed by atoms with Gasteiger partial charge in [0.1, 0.15) is 0 Å². The Hall–Kier alpha value is -1.97. The Morgan fingerprint density at radius 3 is 1.03 bits per heavy atom. The number of ether oxygens (including phenoxy) is 2. The van der Waals surface area contributed by atoms with Crippen LogP contribution in [0.3, 0.4) is 0 Å². The molecule has 1 unspecified atom stereocenters. The van der Waals surface area contributed by atoms with Gasteiger partial charge >= 0.3 is 60.3 Å². The molecular formula is C10F20O3. The number of halogens is 20.